The second kappa shape index (κ2) is 8.35. The molecule has 0 spiro atoms. The van der Waals surface area contributed by atoms with E-state index in [1.165, 1.54) is 12.8 Å². The second-order valence-corrected chi connectivity index (χ2v) is 5.35. The van der Waals surface area contributed by atoms with Crippen LogP contribution >= 0.6 is 0 Å². The van der Waals surface area contributed by atoms with Crippen LogP contribution in [-0.4, -0.2) is 42.2 Å². The van der Waals surface area contributed by atoms with Crippen LogP contribution in [0.1, 0.15) is 38.1 Å². The minimum absolute atomic E-state index is 0.610. The van der Waals surface area contributed by atoms with E-state index in [0.29, 0.717) is 6.61 Å². The highest BCUT2D eigenvalue weighted by molar-refractivity contribution is 5.10. The molecule has 20 heavy (non-hydrogen) atoms. The lowest BCUT2D eigenvalue weighted by atomic mass is 10.3. The summed E-state index contributed by atoms with van der Waals surface area (Å²) < 4.78 is 5.72. The van der Waals surface area contributed by atoms with Crippen LogP contribution in [0.2, 0.25) is 0 Å². The van der Waals surface area contributed by atoms with Gasteiger partial charge in [-0.15, -0.1) is 0 Å². The maximum atomic E-state index is 5.72. The van der Waals surface area contributed by atoms with Gasteiger partial charge in [0.05, 0.1) is 24.6 Å². The number of aromatic nitrogens is 1. The van der Waals surface area contributed by atoms with Gasteiger partial charge in [0.2, 0.25) is 0 Å². The fourth-order valence-electron chi connectivity index (χ4n) is 2.15. The normalized spacial score (nSPS) is 14.9. The summed E-state index contributed by atoms with van der Waals surface area (Å²) in [6.45, 7) is 9.78. The molecule has 4 heteroatoms. The molecule has 1 N–H and O–H groups in total. The van der Waals surface area contributed by atoms with Gasteiger partial charge in [-0.1, -0.05) is 19.9 Å². The van der Waals surface area contributed by atoms with E-state index in [2.05, 4.69) is 41.2 Å². The highest BCUT2D eigenvalue weighted by atomic mass is 16.5. The molecule has 1 fully saturated rings. The molecule has 1 aromatic rings. The fraction of sp³-hybridized carbons (Fsp3) is 0.688. The van der Waals surface area contributed by atoms with Crippen molar-refractivity contribution in [3.8, 4) is 0 Å². The Kier molecular flexibility index (Phi) is 6.43. The molecule has 112 valence electrons. The Morgan fingerprint density at radius 2 is 2.00 bits per heavy atom. The van der Waals surface area contributed by atoms with Gasteiger partial charge in [0.25, 0.3) is 0 Å². The minimum atomic E-state index is 0.610. The second-order valence-electron chi connectivity index (χ2n) is 5.35. The molecule has 1 heterocycles. The summed E-state index contributed by atoms with van der Waals surface area (Å²) in [5.74, 6) is 0. The maximum Gasteiger partial charge on any atom is 0.0888 e. The first-order chi connectivity index (χ1) is 9.81. The Hall–Kier alpha value is -0.970. The summed E-state index contributed by atoms with van der Waals surface area (Å²) in [5.41, 5.74) is 2.14. The van der Waals surface area contributed by atoms with Crippen molar-refractivity contribution in [2.75, 3.05) is 26.2 Å². The summed E-state index contributed by atoms with van der Waals surface area (Å²) >= 11 is 0. The summed E-state index contributed by atoms with van der Waals surface area (Å²) in [6.07, 6.45) is 2.63. The molecule has 1 aliphatic carbocycles. The zero-order valence-electron chi connectivity index (χ0n) is 12.8. The highest BCUT2D eigenvalue weighted by Gasteiger charge is 2.20. The van der Waals surface area contributed by atoms with Crippen molar-refractivity contribution in [3.63, 3.8) is 0 Å². The average molecular weight is 277 g/mol. The van der Waals surface area contributed by atoms with Gasteiger partial charge >= 0.3 is 0 Å². The zero-order chi connectivity index (χ0) is 14.2. The monoisotopic (exact) mass is 277 g/mol. The standard InChI is InChI=1S/C16H27N3O/c1-3-19(4-2)10-11-20-13-16-7-5-6-15(18-16)12-17-14-8-9-14/h5-7,14,17H,3-4,8-13H2,1-2H3. The maximum absolute atomic E-state index is 5.72. The van der Waals surface area contributed by atoms with E-state index in [1.807, 2.05) is 6.07 Å². The molecule has 0 saturated heterocycles. The van der Waals surface area contributed by atoms with Crippen molar-refractivity contribution in [1.82, 2.24) is 15.2 Å². The van der Waals surface area contributed by atoms with Gasteiger partial charge < -0.3 is 15.0 Å². The molecule has 0 amide bonds. The van der Waals surface area contributed by atoms with Crippen molar-refractivity contribution in [1.29, 1.82) is 0 Å². The number of nitrogens with one attached hydrogen (secondary N) is 1. The van der Waals surface area contributed by atoms with Crippen LogP contribution in [0.15, 0.2) is 18.2 Å². The average Bonchev–Trinajstić information content (AvgIpc) is 3.30. The van der Waals surface area contributed by atoms with Crippen molar-refractivity contribution in [2.45, 2.75) is 45.9 Å². The number of likely N-dealkylation sites (N-methyl/N-ethyl adjacent to an activating group) is 1. The van der Waals surface area contributed by atoms with Gasteiger partial charge in [0, 0.05) is 19.1 Å². The van der Waals surface area contributed by atoms with Gasteiger partial charge in [0.15, 0.2) is 0 Å². The summed E-state index contributed by atoms with van der Waals surface area (Å²) in [7, 11) is 0. The first kappa shape index (κ1) is 15.4. The molecule has 0 atom stereocenters. The van der Waals surface area contributed by atoms with Crippen LogP contribution in [-0.2, 0) is 17.9 Å². The smallest absolute Gasteiger partial charge is 0.0888 e. The SMILES string of the molecule is CCN(CC)CCOCc1cccc(CNC2CC2)n1. The van der Waals surface area contributed by atoms with E-state index >= 15 is 0 Å². The summed E-state index contributed by atoms with van der Waals surface area (Å²) in [4.78, 5) is 6.99. The molecule has 1 saturated carbocycles. The fourth-order valence-corrected chi connectivity index (χ4v) is 2.15. The van der Waals surface area contributed by atoms with Crippen LogP contribution in [0.3, 0.4) is 0 Å². The van der Waals surface area contributed by atoms with Crippen LogP contribution in [0, 0.1) is 0 Å². The number of nitrogens with zero attached hydrogens (tertiary/aromatic N) is 2. The van der Waals surface area contributed by atoms with Gasteiger partial charge in [-0.25, -0.2) is 0 Å². The topological polar surface area (TPSA) is 37.4 Å². The van der Waals surface area contributed by atoms with E-state index in [9.17, 15) is 0 Å². The largest absolute Gasteiger partial charge is 0.374 e. The van der Waals surface area contributed by atoms with Gasteiger partial charge in [0.1, 0.15) is 0 Å². The number of hydrogen-bond acceptors (Lipinski definition) is 4. The molecule has 0 radical (unpaired) electrons. The molecule has 0 unspecified atom stereocenters. The number of ether oxygens (including phenoxy) is 1. The third kappa shape index (κ3) is 5.57. The van der Waals surface area contributed by atoms with Gasteiger partial charge in [-0.2, -0.15) is 0 Å². The molecule has 0 aromatic carbocycles. The van der Waals surface area contributed by atoms with E-state index in [4.69, 9.17) is 4.74 Å². The number of hydrogen-bond donors (Lipinski definition) is 1. The molecular formula is C16H27N3O. The minimum Gasteiger partial charge on any atom is -0.374 e. The molecule has 0 bridgehead atoms. The first-order valence-electron chi connectivity index (χ1n) is 7.80. The van der Waals surface area contributed by atoms with Crippen LogP contribution in [0.5, 0.6) is 0 Å². The lowest BCUT2D eigenvalue weighted by molar-refractivity contribution is 0.0935. The Bertz CT molecular complexity index is 389. The van der Waals surface area contributed by atoms with E-state index in [-0.39, 0.29) is 0 Å². The van der Waals surface area contributed by atoms with Gasteiger partial charge in [-0.05, 0) is 38.1 Å². The van der Waals surface area contributed by atoms with Crippen molar-refractivity contribution >= 4 is 0 Å². The predicted molar refractivity (Wildman–Crippen MR) is 81.5 cm³/mol. The lowest BCUT2D eigenvalue weighted by Crippen LogP contribution is -2.27. The van der Waals surface area contributed by atoms with Crippen LogP contribution in [0.4, 0.5) is 0 Å². The van der Waals surface area contributed by atoms with Gasteiger partial charge in [-0.3, -0.25) is 4.98 Å². The molecule has 0 aliphatic heterocycles. The zero-order valence-corrected chi connectivity index (χ0v) is 12.8. The quantitative estimate of drug-likeness (QED) is 0.665. The lowest BCUT2D eigenvalue weighted by Gasteiger charge is -2.17. The predicted octanol–water partition coefficient (Wildman–Crippen LogP) is 2.19. The Balaban J connectivity index is 1.67. The third-order valence-electron chi connectivity index (χ3n) is 3.71. The summed E-state index contributed by atoms with van der Waals surface area (Å²) in [5, 5.41) is 3.49. The molecule has 1 aromatic heterocycles. The highest BCUT2D eigenvalue weighted by Crippen LogP contribution is 2.19. The van der Waals surface area contributed by atoms with Crippen molar-refractivity contribution in [3.05, 3.63) is 29.6 Å². The van der Waals surface area contributed by atoms with Crippen molar-refractivity contribution < 1.29 is 4.74 Å². The number of rotatable bonds is 10. The van der Waals surface area contributed by atoms with Crippen LogP contribution in [0.25, 0.3) is 0 Å². The number of pyridine rings is 1. The Morgan fingerprint density at radius 1 is 1.25 bits per heavy atom. The van der Waals surface area contributed by atoms with Crippen molar-refractivity contribution in [2.24, 2.45) is 0 Å². The van der Waals surface area contributed by atoms with E-state index in [0.717, 1.165) is 50.2 Å². The van der Waals surface area contributed by atoms with E-state index in [1.54, 1.807) is 0 Å². The van der Waals surface area contributed by atoms with E-state index < -0.39 is 0 Å². The molecule has 1 aliphatic rings. The summed E-state index contributed by atoms with van der Waals surface area (Å²) in [6, 6.07) is 6.91. The Labute approximate surface area is 122 Å². The Morgan fingerprint density at radius 3 is 2.70 bits per heavy atom. The molecular weight excluding hydrogens is 250 g/mol. The third-order valence-corrected chi connectivity index (χ3v) is 3.71. The first-order valence-corrected chi connectivity index (χ1v) is 7.80. The van der Waals surface area contributed by atoms with Crippen LogP contribution < -0.4 is 5.32 Å². The molecule has 4 nitrogen and oxygen atoms in total. The molecule has 2 rings (SSSR count).